The Morgan fingerprint density at radius 1 is 1.14 bits per heavy atom. The van der Waals surface area contributed by atoms with Crippen LogP contribution in [0.4, 0.5) is 8.78 Å². The molecule has 1 heterocycles. The van der Waals surface area contributed by atoms with Crippen molar-refractivity contribution < 1.29 is 23.5 Å². The first kappa shape index (κ1) is 26.2. The predicted molar refractivity (Wildman–Crippen MR) is 133 cm³/mol. The van der Waals surface area contributed by atoms with Crippen LogP contribution in [-0.4, -0.2) is 35.6 Å². The van der Waals surface area contributed by atoms with Gasteiger partial charge in [-0.05, 0) is 54.5 Å². The van der Waals surface area contributed by atoms with E-state index in [1.165, 1.54) is 19.1 Å². The van der Waals surface area contributed by atoms with E-state index in [2.05, 4.69) is 28.1 Å². The van der Waals surface area contributed by atoms with E-state index < -0.39 is 23.8 Å². The van der Waals surface area contributed by atoms with Crippen LogP contribution in [0, 0.1) is 11.6 Å². The van der Waals surface area contributed by atoms with Gasteiger partial charge in [0, 0.05) is 31.5 Å². The second-order valence-corrected chi connectivity index (χ2v) is 10.2. The van der Waals surface area contributed by atoms with Gasteiger partial charge in [-0.25, -0.2) is 8.78 Å². The summed E-state index contributed by atoms with van der Waals surface area (Å²) in [6, 6.07) is 10.8. The Morgan fingerprint density at radius 2 is 1.86 bits per heavy atom. The molecule has 0 radical (unpaired) electrons. The largest absolute Gasteiger partial charge is 0.390 e. The molecule has 0 aromatic heterocycles. The van der Waals surface area contributed by atoms with Crippen molar-refractivity contribution in [3.8, 4) is 0 Å². The zero-order valence-corrected chi connectivity index (χ0v) is 20.7. The van der Waals surface area contributed by atoms with E-state index in [0.29, 0.717) is 12.0 Å². The summed E-state index contributed by atoms with van der Waals surface area (Å²) in [5.74, 6) is -1.65. The Balaban J connectivity index is 1.51. The van der Waals surface area contributed by atoms with Crippen LogP contribution < -0.4 is 16.0 Å². The fourth-order valence-electron chi connectivity index (χ4n) is 5.61. The first-order chi connectivity index (χ1) is 17.2. The van der Waals surface area contributed by atoms with Gasteiger partial charge in [0.15, 0.2) is 0 Å². The Bertz CT molecular complexity index is 1070. The number of aliphatic hydroxyl groups is 1. The van der Waals surface area contributed by atoms with E-state index in [9.17, 15) is 23.5 Å². The molecule has 36 heavy (non-hydrogen) atoms. The lowest BCUT2D eigenvalue weighted by atomic mass is 9.75. The lowest BCUT2D eigenvalue weighted by molar-refractivity contribution is -0.120. The number of halogens is 2. The van der Waals surface area contributed by atoms with Gasteiger partial charge in [-0.3, -0.25) is 9.59 Å². The molecule has 1 saturated carbocycles. The molecule has 3 atom stereocenters. The molecule has 1 aliphatic carbocycles. The molecule has 2 aromatic rings. The lowest BCUT2D eigenvalue weighted by Crippen LogP contribution is -2.53. The first-order valence-electron chi connectivity index (χ1n) is 12.8. The molecule has 0 bridgehead atoms. The van der Waals surface area contributed by atoms with Crippen LogP contribution in [0.25, 0.3) is 0 Å². The van der Waals surface area contributed by atoms with Crippen molar-refractivity contribution in [2.24, 2.45) is 0 Å². The number of benzene rings is 2. The van der Waals surface area contributed by atoms with Gasteiger partial charge in [0.25, 0.3) is 0 Å². The van der Waals surface area contributed by atoms with Gasteiger partial charge in [0.05, 0.1) is 18.2 Å². The number of amides is 2. The van der Waals surface area contributed by atoms with Crippen molar-refractivity contribution in [1.82, 2.24) is 16.0 Å². The highest BCUT2D eigenvalue weighted by molar-refractivity contribution is 5.78. The monoisotopic (exact) mass is 499 g/mol. The van der Waals surface area contributed by atoms with Gasteiger partial charge in [0.2, 0.25) is 11.8 Å². The van der Waals surface area contributed by atoms with Crippen molar-refractivity contribution in [3.05, 3.63) is 70.8 Å². The van der Waals surface area contributed by atoms with Crippen LogP contribution >= 0.6 is 0 Å². The molecular formula is C28H35F2N3O3. The first-order valence-corrected chi connectivity index (χ1v) is 12.8. The minimum Gasteiger partial charge on any atom is -0.390 e. The van der Waals surface area contributed by atoms with E-state index in [1.807, 2.05) is 12.1 Å². The maximum Gasteiger partial charge on any atom is 0.220 e. The van der Waals surface area contributed by atoms with Crippen molar-refractivity contribution in [2.45, 2.75) is 82.0 Å². The average Bonchev–Trinajstić information content (AvgIpc) is 3.28. The number of aliphatic hydroxyl groups excluding tert-OH is 1. The summed E-state index contributed by atoms with van der Waals surface area (Å²) in [6.45, 7) is 1.56. The van der Waals surface area contributed by atoms with Crippen LogP contribution in [0.3, 0.4) is 0 Å². The molecule has 2 fully saturated rings. The number of nitrogens with one attached hydrogen (secondary N) is 3. The Kier molecular flexibility index (Phi) is 8.36. The molecule has 0 spiro atoms. The third kappa shape index (κ3) is 6.48. The van der Waals surface area contributed by atoms with Crippen molar-refractivity contribution >= 4 is 11.8 Å². The predicted octanol–water partition coefficient (Wildman–Crippen LogP) is 3.77. The summed E-state index contributed by atoms with van der Waals surface area (Å²) in [5, 5.41) is 20.5. The summed E-state index contributed by atoms with van der Waals surface area (Å²) in [6.07, 6.45) is 5.48. The van der Waals surface area contributed by atoms with Gasteiger partial charge in [-0.2, -0.15) is 0 Å². The highest BCUT2D eigenvalue weighted by atomic mass is 19.1. The number of hydrogen-bond donors (Lipinski definition) is 4. The Hall–Kier alpha value is -2.84. The van der Waals surface area contributed by atoms with E-state index in [0.717, 1.165) is 55.7 Å². The van der Waals surface area contributed by atoms with Crippen LogP contribution in [0.15, 0.2) is 42.5 Å². The molecule has 2 aromatic carbocycles. The van der Waals surface area contributed by atoms with Crippen LogP contribution in [0.5, 0.6) is 0 Å². The van der Waals surface area contributed by atoms with Crippen molar-refractivity contribution in [3.63, 3.8) is 0 Å². The van der Waals surface area contributed by atoms with Crippen molar-refractivity contribution in [2.75, 3.05) is 6.54 Å². The summed E-state index contributed by atoms with van der Waals surface area (Å²) >= 11 is 0. The number of carbonyl (C=O) groups is 2. The molecule has 8 heteroatoms. The molecule has 4 N–H and O–H groups in total. The molecule has 2 aliphatic rings. The second-order valence-electron chi connectivity index (χ2n) is 10.2. The summed E-state index contributed by atoms with van der Waals surface area (Å²) in [5.41, 5.74) is 2.22. The van der Waals surface area contributed by atoms with Gasteiger partial charge in [-0.15, -0.1) is 0 Å². The quantitative estimate of drug-likeness (QED) is 0.423. The number of hydrogen-bond acceptors (Lipinski definition) is 4. The van der Waals surface area contributed by atoms with Gasteiger partial charge in [0.1, 0.15) is 11.6 Å². The van der Waals surface area contributed by atoms with Gasteiger partial charge in [-0.1, -0.05) is 43.5 Å². The highest BCUT2D eigenvalue weighted by Gasteiger charge is 2.35. The zero-order chi connectivity index (χ0) is 25.7. The SMILES string of the molecule is CC(=O)NC(Cc1cc(F)cc(F)c1)C(O)CNC1(c2cccc(C3CCC(=O)N3)c2)CCCCC1. The van der Waals surface area contributed by atoms with Crippen LogP contribution in [0.2, 0.25) is 0 Å². The molecule has 1 aliphatic heterocycles. The third-order valence-corrected chi connectivity index (χ3v) is 7.42. The fraction of sp³-hybridized carbons (Fsp3) is 0.500. The maximum atomic E-state index is 13.7. The topological polar surface area (TPSA) is 90.5 Å². The smallest absolute Gasteiger partial charge is 0.220 e. The molecule has 6 nitrogen and oxygen atoms in total. The maximum absolute atomic E-state index is 13.7. The van der Waals surface area contributed by atoms with E-state index in [-0.39, 0.29) is 36.4 Å². The molecular weight excluding hydrogens is 464 g/mol. The minimum atomic E-state index is -0.976. The van der Waals surface area contributed by atoms with E-state index in [1.54, 1.807) is 0 Å². The third-order valence-electron chi connectivity index (χ3n) is 7.42. The Labute approximate surface area is 210 Å². The zero-order valence-electron chi connectivity index (χ0n) is 20.7. The molecule has 194 valence electrons. The lowest BCUT2D eigenvalue weighted by Gasteiger charge is -2.40. The highest BCUT2D eigenvalue weighted by Crippen LogP contribution is 2.38. The van der Waals surface area contributed by atoms with E-state index in [4.69, 9.17) is 0 Å². The normalized spacial score (nSPS) is 21.0. The summed E-state index contributed by atoms with van der Waals surface area (Å²) < 4.78 is 27.4. The second kappa shape index (κ2) is 11.5. The number of rotatable bonds is 9. The van der Waals surface area contributed by atoms with Crippen molar-refractivity contribution in [1.29, 1.82) is 0 Å². The fourth-order valence-corrected chi connectivity index (χ4v) is 5.61. The van der Waals surface area contributed by atoms with Gasteiger partial charge >= 0.3 is 0 Å². The van der Waals surface area contributed by atoms with Crippen LogP contribution in [-0.2, 0) is 21.5 Å². The van der Waals surface area contributed by atoms with E-state index >= 15 is 0 Å². The van der Waals surface area contributed by atoms with Crippen LogP contribution in [0.1, 0.15) is 74.6 Å². The minimum absolute atomic E-state index is 0.0134. The summed E-state index contributed by atoms with van der Waals surface area (Å²) in [4.78, 5) is 23.6. The average molecular weight is 500 g/mol. The molecule has 1 saturated heterocycles. The molecule has 3 unspecified atom stereocenters. The standard InChI is InChI=1S/C28H35F2N3O3/c1-18(34)32-25(14-19-12-22(29)16-23(30)13-19)26(35)17-31-28(10-3-2-4-11-28)21-7-5-6-20(15-21)24-8-9-27(36)33-24/h5-7,12-13,15-16,24-26,31,35H,2-4,8-11,14,17H2,1H3,(H,32,34)(H,33,36). The molecule has 2 amide bonds. The molecule has 4 rings (SSSR count). The Morgan fingerprint density at radius 3 is 2.50 bits per heavy atom. The number of carbonyl (C=O) groups excluding carboxylic acids is 2. The summed E-state index contributed by atoms with van der Waals surface area (Å²) in [7, 11) is 0. The van der Waals surface area contributed by atoms with Gasteiger partial charge < -0.3 is 21.1 Å².